The number of carbonyl (C=O) groups excluding carboxylic acids is 1. The lowest BCUT2D eigenvalue weighted by atomic mass is 10.2. The first kappa shape index (κ1) is 22.9. The van der Waals surface area contributed by atoms with Crippen molar-refractivity contribution in [3.63, 3.8) is 0 Å². The van der Waals surface area contributed by atoms with Crippen LogP contribution in [0.1, 0.15) is 12.5 Å². The molecule has 1 unspecified atom stereocenters. The van der Waals surface area contributed by atoms with Gasteiger partial charge in [0.25, 0.3) is 15.9 Å². The van der Waals surface area contributed by atoms with Crippen molar-refractivity contribution in [2.75, 3.05) is 17.5 Å². The van der Waals surface area contributed by atoms with Gasteiger partial charge in [0.1, 0.15) is 11.5 Å². The van der Waals surface area contributed by atoms with Crippen LogP contribution < -0.4 is 19.1 Å². The molecule has 9 heteroatoms. The summed E-state index contributed by atoms with van der Waals surface area (Å²) >= 11 is 5.91. The van der Waals surface area contributed by atoms with E-state index >= 15 is 0 Å². The fraction of sp³-hybridized carbons (Fsp3) is 0.208. The van der Waals surface area contributed by atoms with E-state index in [1.165, 1.54) is 28.6 Å². The first-order valence-corrected chi connectivity index (χ1v) is 12.2. The van der Waals surface area contributed by atoms with E-state index in [0.717, 1.165) is 11.3 Å². The summed E-state index contributed by atoms with van der Waals surface area (Å²) in [5.41, 5.74) is 1.26. The van der Waals surface area contributed by atoms with Crippen LogP contribution in [0.5, 0.6) is 11.5 Å². The zero-order valence-corrected chi connectivity index (χ0v) is 19.5. The minimum atomic E-state index is -3.94. The molecule has 1 N–H and O–H groups in total. The second-order valence-corrected chi connectivity index (χ2v) is 9.66. The maximum atomic E-state index is 13.4. The molecule has 0 bridgehead atoms. The van der Waals surface area contributed by atoms with Crippen LogP contribution in [-0.4, -0.2) is 33.6 Å². The Morgan fingerprint density at radius 3 is 2.48 bits per heavy atom. The molecule has 0 aliphatic carbocycles. The number of nitrogens with zero attached hydrogens (tertiary/aromatic N) is 1. The van der Waals surface area contributed by atoms with E-state index in [2.05, 4.69) is 5.32 Å². The molecule has 7 nitrogen and oxygen atoms in total. The molecule has 1 heterocycles. The predicted molar refractivity (Wildman–Crippen MR) is 126 cm³/mol. The van der Waals surface area contributed by atoms with E-state index in [-0.39, 0.29) is 18.0 Å². The maximum absolute atomic E-state index is 13.4. The topological polar surface area (TPSA) is 84.9 Å². The van der Waals surface area contributed by atoms with Gasteiger partial charge in [0.15, 0.2) is 6.10 Å². The molecule has 1 atom stereocenters. The van der Waals surface area contributed by atoms with Crippen LogP contribution in [0.25, 0.3) is 0 Å². The highest BCUT2D eigenvalue weighted by molar-refractivity contribution is 7.92. The number of hydrogen-bond acceptors (Lipinski definition) is 5. The van der Waals surface area contributed by atoms with Crippen molar-refractivity contribution in [2.24, 2.45) is 0 Å². The molecule has 3 aromatic carbocycles. The van der Waals surface area contributed by atoms with Crippen molar-refractivity contribution in [1.82, 2.24) is 5.32 Å². The molecule has 0 saturated heterocycles. The van der Waals surface area contributed by atoms with Gasteiger partial charge in [-0.3, -0.25) is 9.10 Å². The molecule has 0 aromatic heterocycles. The number of fused-ring (bicyclic) bond motifs is 1. The smallest absolute Gasteiger partial charge is 0.264 e. The van der Waals surface area contributed by atoms with Crippen molar-refractivity contribution < 1.29 is 22.7 Å². The zero-order chi connectivity index (χ0) is 23.4. The van der Waals surface area contributed by atoms with Gasteiger partial charge in [0, 0.05) is 11.6 Å². The summed E-state index contributed by atoms with van der Waals surface area (Å²) < 4.78 is 39.2. The summed E-state index contributed by atoms with van der Waals surface area (Å²) in [6.07, 6.45) is -1.01. The van der Waals surface area contributed by atoms with Gasteiger partial charge in [-0.2, -0.15) is 0 Å². The van der Waals surface area contributed by atoms with E-state index in [1.54, 1.807) is 24.3 Å². The Labute approximate surface area is 197 Å². The molecule has 4 rings (SSSR count). The van der Waals surface area contributed by atoms with Gasteiger partial charge in [0.2, 0.25) is 0 Å². The molecule has 172 valence electrons. The molecule has 1 aliphatic rings. The van der Waals surface area contributed by atoms with E-state index < -0.39 is 22.0 Å². The third-order valence-corrected chi connectivity index (χ3v) is 7.18. The van der Waals surface area contributed by atoms with Crippen molar-refractivity contribution in [3.05, 3.63) is 83.4 Å². The highest BCUT2D eigenvalue weighted by Crippen LogP contribution is 2.37. The fourth-order valence-corrected chi connectivity index (χ4v) is 5.08. The van der Waals surface area contributed by atoms with E-state index in [0.29, 0.717) is 23.1 Å². The Bertz CT molecular complexity index is 1230. The van der Waals surface area contributed by atoms with Gasteiger partial charge in [0.05, 0.1) is 23.7 Å². The summed E-state index contributed by atoms with van der Waals surface area (Å²) in [6.45, 7) is 2.60. The first-order valence-electron chi connectivity index (χ1n) is 10.4. The largest absolute Gasteiger partial charge is 0.494 e. The molecule has 0 fully saturated rings. The van der Waals surface area contributed by atoms with Crippen LogP contribution >= 0.6 is 11.6 Å². The lowest BCUT2D eigenvalue weighted by Gasteiger charge is -2.34. The number of anilines is 1. The zero-order valence-electron chi connectivity index (χ0n) is 17.9. The predicted octanol–water partition coefficient (Wildman–Crippen LogP) is 4.01. The number of sulfonamides is 1. The summed E-state index contributed by atoms with van der Waals surface area (Å²) in [6, 6.07) is 20.0. The van der Waals surface area contributed by atoms with Crippen molar-refractivity contribution >= 4 is 33.2 Å². The maximum Gasteiger partial charge on any atom is 0.264 e. The molecule has 1 aliphatic heterocycles. The number of nitrogens with one attached hydrogen (secondary N) is 1. The third-order valence-electron chi connectivity index (χ3n) is 5.13. The average Bonchev–Trinajstić information content (AvgIpc) is 2.83. The third kappa shape index (κ3) is 5.07. The number of halogens is 1. The van der Waals surface area contributed by atoms with Gasteiger partial charge in [-0.05, 0) is 61.0 Å². The van der Waals surface area contributed by atoms with Crippen LogP contribution in [0.4, 0.5) is 5.69 Å². The minimum absolute atomic E-state index is 0.0807. The summed E-state index contributed by atoms with van der Waals surface area (Å²) in [5, 5.41) is 3.26. The molecule has 1 amide bonds. The summed E-state index contributed by atoms with van der Waals surface area (Å²) in [4.78, 5) is 13.0. The second-order valence-electron chi connectivity index (χ2n) is 7.36. The monoisotopic (exact) mass is 486 g/mol. The van der Waals surface area contributed by atoms with Crippen LogP contribution in [-0.2, 0) is 21.4 Å². The van der Waals surface area contributed by atoms with Gasteiger partial charge in [-0.1, -0.05) is 35.9 Å². The average molecular weight is 487 g/mol. The molecular formula is C24H23ClN2O5S. The quantitative estimate of drug-likeness (QED) is 0.545. The summed E-state index contributed by atoms with van der Waals surface area (Å²) in [5.74, 6) is 0.667. The normalized spacial score (nSPS) is 15.3. The SMILES string of the molecule is CCOc1ccc(CNC(=O)C2CN(S(=O)(=O)c3ccc(Cl)cc3)c3ccccc3O2)cc1. The minimum Gasteiger partial charge on any atom is -0.494 e. The lowest BCUT2D eigenvalue weighted by Crippen LogP contribution is -2.50. The molecule has 33 heavy (non-hydrogen) atoms. The van der Waals surface area contributed by atoms with Gasteiger partial charge < -0.3 is 14.8 Å². The molecule has 0 spiro atoms. The Hall–Kier alpha value is -3.23. The Balaban J connectivity index is 1.53. The van der Waals surface area contributed by atoms with Crippen LogP contribution in [0.3, 0.4) is 0 Å². The number of ether oxygens (including phenoxy) is 2. The number of carbonyl (C=O) groups is 1. The van der Waals surface area contributed by atoms with Crippen LogP contribution in [0, 0.1) is 0 Å². The number of benzene rings is 3. The molecule has 3 aromatic rings. The number of hydrogen-bond donors (Lipinski definition) is 1. The van der Waals surface area contributed by atoms with E-state index in [9.17, 15) is 13.2 Å². The van der Waals surface area contributed by atoms with Crippen molar-refractivity contribution in [2.45, 2.75) is 24.5 Å². The lowest BCUT2D eigenvalue weighted by molar-refractivity contribution is -0.127. The van der Waals surface area contributed by atoms with Gasteiger partial charge >= 0.3 is 0 Å². The fourth-order valence-electron chi connectivity index (χ4n) is 3.47. The Morgan fingerprint density at radius 1 is 1.09 bits per heavy atom. The highest BCUT2D eigenvalue weighted by atomic mass is 35.5. The molecule has 0 radical (unpaired) electrons. The number of para-hydroxylation sites is 2. The van der Waals surface area contributed by atoms with Crippen molar-refractivity contribution in [1.29, 1.82) is 0 Å². The van der Waals surface area contributed by atoms with E-state index in [1.807, 2.05) is 31.2 Å². The Morgan fingerprint density at radius 2 is 1.79 bits per heavy atom. The number of amides is 1. The Kier molecular flexibility index (Phi) is 6.76. The second kappa shape index (κ2) is 9.72. The summed E-state index contributed by atoms with van der Waals surface area (Å²) in [7, 11) is -3.94. The molecular weight excluding hydrogens is 464 g/mol. The van der Waals surface area contributed by atoms with Crippen LogP contribution in [0.15, 0.2) is 77.7 Å². The van der Waals surface area contributed by atoms with Crippen LogP contribution in [0.2, 0.25) is 5.02 Å². The standard InChI is InChI=1S/C24H23ClN2O5S/c1-2-31-19-11-7-17(8-12-19)15-26-24(28)23-16-27(21-5-3-4-6-22(21)32-23)33(29,30)20-13-9-18(25)10-14-20/h3-14,23H,2,15-16H2,1H3,(H,26,28). The first-order chi connectivity index (χ1) is 15.9. The van der Waals surface area contributed by atoms with Crippen molar-refractivity contribution in [3.8, 4) is 11.5 Å². The van der Waals surface area contributed by atoms with Gasteiger partial charge in [-0.25, -0.2) is 8.42 Å². The van der Waals surface area contributed by atoms with Gasteiger partial charge in [-0.15, -0.1) is 0 Å². The highest BCUT2D eigenvalue weighted by Gasteiger charge is 2.37. The van der Waals surface area contributed by atoms with E-state index in [4.69, 9.17) is 21.1 Å². The number of rotatable bonds is 7. The molecule has 0 saturated carbocycles.